The lowest BCUT2D eigenvalue weighted by molar-refractivity contribution is 0.0601. The number of carbonyl (C=O) groups excluding carboxylic acids is 1. The van der Waals surface area contributed by atoms with Gasteiger partial charge in [0, 0.05) is 56.4 Å². The van der Waals surface area contributed by atoms with Gasteiger partial charge < -0.3 is 15.0 Å². The van der Waals surface area contributed by atoms with Crippen LogP contribution in [0.5, 0.6) is 0 Å². The lowest BCUT2D eigenvalue weighted by Crippen LogP contribution is -2.49. The highest BCUT2D eigenvalue weighted by Crippen LogP contribution is 2.34. The fourth-order valence-electron chi connectivity index (χ4n) is 3.74. The quantitative estimate of drug-likeness (QED) is 0.572. The highest BCUT2D eigenvalue weighted by Gasteiger charge is 2.25. The molecule has 2 aromatic rings. The number of carbonyl (C=O) groups is 1. The number of methoxy groups -OCH3 is 1. The highest BCUT2D eigenvalue weighted by atomic mass is 32.1. The molecule has 0 amide bonds. The van der Waals surface area contributed by atoms with Crippen LogP contribution >= 0.6 is 23.6 Å². The molecular weight excluding hydrogens is 406 g/mol. The van der Waals surface area contributed by atoms with E-state index in [9.17, 15) is 4.79 Å². The molecule has 158 valence electrons. The summed E-state index contributed by atoms with van der Waals surface area (Å²) >= 11 is 7.22. The third kappa shape index (κ3) is 4.79. The minimum atomic E-state index is -0.312. The zero-order valence-corrected chi connectivity index (χ0v) is 19.4. The average Bonchev–Trinajstić information content (AvgIpc) is 3.18. The van der Waals surface area contributed by atoms with Crippen molar-refractivity contribution in [2.45, 2.75) is 33.7 Å². The molecule has 1 aliphatic heterocycles. The molecular formula is C20H29N5O2S2. The van der Waals surface area contributed by atoms with Gasteiger partial charge in [0.25, 0.3) is 0 Å². The van der Waals surface area contributed by atoms with Crippen LogP contribution in [-0.4, -0.2) is 64.0 Å². The predicted octanol–water partition coefficient (Wildman–Crippen LogP) is 2.96. The van der Waals surface area contributed by atoms with Gasteiger partial charge in [0.1, 0.15) is 5.00 Å². The zero-order valence-electron chi connectivity index (χ0n) is 17.7. The number of rotatable bonds is 5. The van der Waals surface area contributed by atoms with Crippen LogP contribution in [0.1, 0.15) is 39.0 Å². The first kappa shape index (κ1) is 21.7. The lowest BCUT2D eigenvalue weighted by Gasteiger charge is -2.36. The Balaban J connectivity index is 1.62. The van der Waals surface area contributed by atoms with Crippen LogP contribution in [0.2, 0.25) is 0 Å². The monoisotopic (exact) mass is 435 g/mol. The molecule has 2 aromatic heterocycles. The first-order chi connectivity index (χ1) is 13.8. The zero-order chi connectivity index (χ0) is 21.1. The van der Waals surface area contributed by atoms with Crippen molar-refractivity contribution in [1.29, 1.82) is 0 Å². The third-order valence-corrected chi connectivity index (χ3v) is 6.76. The summed E-state index contributed by atoms with van der Waals surface area (Å²) in [5.41, 5.74) is 4.00. The number of ether oxygens (including phenoxy) is 1. The number of hydrogen-bond donors (Lipinski definition) is 1. The van der Waals surface area contributed by atoms with Gasteiger partial charge in [-0.25, -0.2) is 4.79 Å². The molecule has 0 atom stereocenters. The summed E-state index contributed by atoms with van der Waals surface area (Å²) in [6.07, 6.45) is 2.88. The summed E-state index contributed by atoms with van der Waals surface area (Å²) < 4.78 is 6.87. The average molecular weight is 436 g/mol. The van der Waals surface area contributed by atoms with Crippen molar-refractivity contribution in [3.63, 3.8) is 0 Å². The SMILES string of the molecule is CCc1c(C)sc(NC(=S)N2CCN(Cc3cn(C)nc3C)CC2)c1C(=O)OC. The Kier molecular flexibility index (Phi) is 6.92. The van der Waals surface area contributed by atoms with Gasteiger partial charge in [-0.3, -0.25) is 9.58 Å². The Morgan fingerprint density at radius 1 is 1.31 bits per heavy atom. The molecule has 0 spiro atoms. The molecule has 3 heterocycles. The van der Waals surface area contributed by atoms with Crippen molar-refractivity contribution in [3.8, 4) is 0 Å². The van der Waals surface area contributed by atoms with Gasteiger partial charge in [0.05, 0.1) is 18.4 Å². The molecule has 9 heteroatoms. The number of thiocarbonyl (C=S) groups is 1. The molecule has 0 unspecified atom stereocenters. The smallest absolute Gasteiger partial charge is 0.341 e. The van der Waals surface area contributed by atoms with Crippen molar-refractivity contribution in [1.82, 2.24) is 19.6 Å². The Hall–Kier alpha value is -1.97. The van der Waals surface area contributed by atoms with E-state index in [4.69, 9.17) is 17.0 Å². The maximum Gasteiger partial charge on any atom is 0.341 e. The first-order valence-corrected chi connectivity index (χ1v) is 11.0. The molecule has 1 fully saturated rings. The fourth-order valence-corrected chi connectivity index (χ4v) is 5.22. The normalized spacial score (nSPS) is 14.9. The van der Waals surface area contributed by atoms with Crippen molar-refractivity contribution in [2.75, 3.05) is 38.6 Å². The maximum atomic E-state index is 12.3. The minimum Gasteiger partial charge on any atom is -0.465 e. The van der Waals surface area contributed by atoms with Gasteiger partial charge >= 0.3 is 5.97 Å². The van der Waals surface area contributed by atoms with Crippen LogP contribution in [0.25, 0.3) is 0 Å². The predicted molar refractivity (Wildman–Crippen MR) is 121 cm³/mol. The van der Waals surface area contributed by atoms with E-state index in [-0.39, 0.29) is 5.97 Å². The van der Waals surface area contributed by atoms with Crippen LogP contribution < -0.4 is 5.32 Å². The molecule has 0 aliphatic carbocycles. The number of nitrogens with one attached hydrogen (secondary N) is 1. The molecule has 0 bridgehead atoms. The van der Waals surface area contributed by atoms with E-state index in [1.165, 1.54) is 12.7 Å². The first-order valence-electron chi connectivity index (χ1n) is 9.82. The van der Waals surface area contributed by atoms with Crippen LogP contribution in [0.4, 0.5) is 5.00 Å². The van der Waals surface area contributed by atoms with E-state index in [1.807, 2.05) is 25.6 Å². The number of aromatic nitrogens is 2. The summed E-state index contributed by atoms with van der Waals surface area (Å²) in [5.74, 6) is -0.312. The number of anilines is 1. The largest absolute Gasteiger partial charge is 0.465 e. The summed E-state index contributed by atoms with van der Waals surface area (Å²) in [4.78, 5) is 18.0. The lowest BCUT2D eigenvalue weighted by atomic mass is 10.1. The van der Waals surface area contributed by atoms with Crippen LogP contribution in [0.15, 0.2) is 6.20 Å². The second-order valence-corrected chi connectivity index (χ2v) is 8.90. The fraction of sp³-hybridized carbons (Fsp3) is 0.550. The molecule has 0 saturated carbocycles. The van der Waals surface area contributed by atoms with Gasteiger partial charge in [0.2, 0.25) is 0 Å². The van der Waals surface area contributed by atoms with Gasteiger partial charge in [-0.05, 0) is 38.0 Å². The van der Waals surface area contributed by atoms with Crippen molar-refractivity contribution >= 4 is 39.6 Å². The number of esters is 1. The molecule has 29 heavy (non-hydrogen) atoms. The van der Waals surface area contributed by atoms with Crippen LogP contribution in [0.3, 0.4) is 0 Å². The number of hydrogen-bond acceptors (Lipinski definition) is 6. The van der Waals surface area contributed by atoms with E-state index >= 15 is 0 Å². The molecule has 0 radical (unpaired) electrons. The minimum absolute atomic E-state index is 0.312. The number of piperazine rings is 1. The molecule has 0 aromatic carbocycles. The summed E-state index contributed by atoms with van der Waals surface area (Å²) in [7, 11) is 3.37. The van der Waals surface area contributed by atoms with Crippen LogP contribution in [-0.2, 0) is 24.8 Å². The van der Waals surface area contributed by atoms with E-state index in [1.54, 1.807) is 11.3 Å². The van der Waals surface area contributed by atoms with Crippen LogP contribution in [0, 0.1) is 13.8 Å². The molecule has 1 N–H and O–H groups in total. The van der Waals surface area contributed by atoms with E-state index in [0.717, 1.165) is 60.3 Å². The Bertz CT molecular complexity index is 897. The highest BCUT2D eigenvalue weighted by molar-refractivity contribution is 7.80. The molecule has 7 nitrogen and oxygen atoms in total. The standard InChI is InChI=1S/C20H29N5O2S2/c1-6-16-14(3)29-18(17(16)19(26)27-5)21-20(28)25-9-7-24(8-10-25)12-15-11-23(4)22-13(15)2/h11H,6-10,12H2,1-5H3,(H,21,28). The van der Waals surface area contributed by atoms with Gasteiger partial charge in [-0.2, -0.15) is 5.10 Å². The Labute approximate surface area is 181 Å². The van der Waals surface area contributed by atoms with E-state index in [2.05, 4.69) is 33.3 Å². The van der Waals surface area contributed by atoms with Crippen molar-refractivity contribution in [3.05, 3.63) is 33.5 Å². The van der Waals surface area contributed by atoms with Gasteiger partial charge in [-0.1, -0.05) is 6.92 Å². The summed E-state index contributed by atoms with van der Waals surface area (Å²) in [6, 6.07) is 0. The Morgan fingerprint density at radius 2 is 2.00 bits per heavy atom. The van der Waals surface area contributed by atoms with Gasteiger partial charge in [0.15, 0.2) is 5.11 Å². The van der Waals surface area contributed by atoms with Crippen molar-refractivity contribution in [2.24, 2.45) is 7.05 Å². The molecule has 3 rings (SSSR count). The van der Waals surface area contributed by atoms with Gasteiger partial charge in [-0.15, -0.1) is 11.3 Å². The number of aryl methyl sites for hydroxylation is 3. The number of thiophene rings is 1. The summed E-state index contributed by atoms with van der Waals surface area (Å²) in [6.45, 7) is 10.6. The topological polar surface area (TPSA) is 62.6 Å². The number of nitrogens with zero attached hydrogens (tertiary/aromatic N) is 4. The van der Waals surface area contributed by atoms with E-state index in [0.29, 0.717) is 10.7 Å². The van der Waals surface area contributed by atoms with E-state index < -0.39 is 0 Å². The third-order valence-electron chi connectivity index (χ3n) is 5.34. The second kappa shape index (κ2) is 9.23. The summed E-state index contributed by atoms with van der Waals surface area (Å²) in [5, 5.41) is 9.18. The second-order valence-electron chi connectivity index (χ2n) is 7.29. The maximum absolute atomic E-state index is 12.3. The molecule has 1 saturated heterocycles. The van der Waals surface area contributed by atoms with Crippen molar-refractivity contribution < 1.29 is 9.53 Å². The molecule has 1 aliphatic rings. The Morgan fingerprint density at radius 3 is 2.55 bits per heavy atom.